The van der Waals surface area contributed by atoms with Crippen molar-refractivity contribution in [2.75, 3.05) is 0 Å². The monoisotopic (exact) mass is 305 g/mol. The Labute approximate surface area is 125 Å². The SMILES string of the molecule is CCCCc1c(C=O)ccn1S(=O)(=O)c1ccc(C)cc1. The van der Waals surface area contributed by atoms with Crippen molar-refractivity contribution in [2.45, 2.75) is 38.0 Å². The molecule has 0 fully saturated rings. The van der Waals surface area contributed by atoms with Crippen LogP contribution in [0.2, 0.25) is 0 Å². The van der Waals surface area contributed by atoms with E-state index in [1.54, 1.807) is 30.3 Å². The van der Waals surface area contributed by atoms with Gasteiger partial charge in [-0.2, -0.15) is 0 Å². The van der Waals surface area contributed by atoms with Gasteiger partial charge in [-0.25, -0.2) is 12.4 Å². The highest BCUT2D eigenvalue weighted by molar-refractivity contribution is 7.90. The summed E-state index contributed by atoms with van der Waals surface area (Å²) in [5.41, 5.74) is 2.01. The van der Waals surface area contributed by atoms with Gasteiger partial charge >= 0.3 is 0 Å². The number of hydrogen-bond acceptors (Lipinski definition) is 3. The second-order valence-corrected chi connectivity index (χ2v) is 6.87. The first-order chi connectivity index (χ1) is 10.0. The summed E-state index contributed by atoms with van der Waals surface area (Å²) in [6, 6.07) is 8.28. The van der Waals surface area contributed by atoms with Crippen LogP contribution in [0, 0.1) is 6.92 Å². The molecular formula is C16H19NO3S. The molecule has 21 heavy (non-hydrogen) atoms. The molecule has 0 N–H and O–H groups in total. The topological polar surface area (TPSA) is 56.1 Å². The van der Waals surface area contributed by atoms with Gasteiger partial charge < -0.3 is 0 Å². The molecule has 1 aromatic heterocycles. The lowest BCUT2D eigenvalue weighted by Gasteiger charge is -2.11. The first-order valence-electron chi connectivity index (χ1n) is 6.98. The van der Waals surface area contributed by atoms with E-state index in [1.807, 2.05) is 13.8 Å². The lowest BCUT2D eigenvalue weighted by molar-refractivity contribution is 0.112. The number of carbonyl (C=O) groups is 1. The summed E-state index contributed by atoms with van der Waals surface area (Å²) in [5, 5.41) is 0. The molecule has 0 bridgehead atoms. The Morgan fingerprint density at radius 3 is 2.38 bits per heavy atom. The molecule has 0 aliphatic rings. The van der Waals surface area contributed by atoms with Crippen molar-refractivity contribution in [2.24, 2.45) is 0 Å². The van der Waals surface area contributed by atoms with Crippen LogP contribution < -0.4 is 0 Å². The minimum absolute atomic E-state index is 0.235. The molecule has 4 nitrogen and oxygen atoms in total. The summed E-state index contributed by atoms with van der Waals surface area (Å²) < 4.78 is 26.6. The summed E-state index contributed by atoms with van der Waals surface area (Å²) in [6.45, 7) is 3.94. The van der Waals surface area contributed by atoms with Crippen molar-refractivity contribution >= 4 is 16.3 Å². The molecule has 0 atom stereocenters. The van der Waals surface area contributed by atoms with Crippen molar-refractivity contribution in [1.29, 1.82) is 0 Å². The van der Waals surface area contributed by atoms with Gasteiger partial charge in [0.1, 0.15) is 0 Å². The highest BCUT2D eigenvalue weighted by atomic mass is 32.2. The first kappa shape index (κ1) is 15.5. The zero-order valence-corrected chi connectivity index (χ0v) is 13.1. The van der Waals surface area contributed by atoms with Gasteiger partial charge in [-0.1, -0.05) is 31.0 Å². The van der Waals surface area contributed by atoms with E-state index in [4.69, 9.17) is 0 Å². The van der Waals surface area contributed by atoms with Crippen LogP contribution in [-0.2, 0) is 16.4 Å². The van der Waals surface area contributed by atoms with Crippen molar-refractivity contribution in [3.63, 3.8) is 0 Å². The summed E-state index contributed by atoms with van der Waals surface area (Å²) >= 11 is 0. The van der Waals surface area contributed by atoms with Crippen molar-refractivity contribution in [3.05, 3.63) is 53.3 Å². The van der Waals surface area contributed by atoms with E-state index >= 15 is 0 Å². The Hall–Kier alpha value is -1.88. The van der Waals surface area contributed by atoms with Crippen LogP contribution in [-0.4, -0.2) is 18.7 Å². The van der Waals surface area contributed by atoms with Gasteiger partial charge in [-0.3, -0.25) is 4.79 Å². The molecule has 112 valence electrons. The number of nitrogens with zero attached hydrogens (tertiary/aromatic N) is 1. The molecule has 0 saturated heterocycles. The number of unbranched alkanes of at least 4 members (excludes halogenated alkanes) is 1. The van der Waals surface area contributed by atoms with Crippen LogP contribution in [0.15, 0.2) is 41.4 Å². The van der Waals surface area contributed by atoms with Crippen LogP contribution in [0.3, 0.4) is 0 Å². The highest BCUT2D eigenvalue weighted by Crippen LogP contribution is 2.21. The predicted molar refractivity (Wildman–Crippen MR) is 82.2 cm³/mol. The van der Waals surface area contributed by atoms with E-state index in [-0.39, 0.29) is 4.90 Å². The molecule has 0 spiro atoms. The predicted octanol–water partition coefficient (Wildman–Crippen LogP) is 3.19. The van der Waals surface area contributed by atoms with Crippen molar-refractivity contribution < 1.29 is 13.2 Å². The normalized spacial score (nSPS) is 11.5. The minimum atomic E-state index is -3.65. The molecule has 0 aliphatic heterocycles. The minimum Gasteiger partial charge on any atom is -0.298 e. The number of rotatable bonds is 6. The molecule has 2 aromatic rings. The average Bonchev–Trinajstić information content (AvgIpc) is 2.89. The van der Waals surface area contributed by atoms with Gasteiger partial charge in [-0.05, 0) is 38.0 Å². The molecule has 0 unspecified atom stereocenters. The fourth-order valence-electron chi connectivity index (χ4n) is 2.22. The van der Waals surface area contributed by atoms with E-state index in [0.717, 1.165) is 18.4 Å². The third-order valence-corrected chi connectivity index (χ3v) is 5.19. The second kappa shape index (κ2) is 6.26. The van der Waals surface area contributed by atoms with Gasteiger partial charge in [-0.15, -0.1) is 0 Å². The van der Waals surface area contributed by atoms with Gasteiger partial charge in [0.25, 0.3) is 10.0 Å². The van der Waals surface area contributed by atoms with Gasteiger partial charge in [0.05, 0.1) is 4.90 Å². The maximum Gasteiger partial charge on any atom is 0.267 e. The molecule has 1 heterocycles. The Balaban J connectivity index is 2.51. The lowest BCUT2D eigenvalue weighted by atomic mass is 10.1. The average molecular weight is 305 g/mol. The van der Waals surface area contributed by atoms with Crippen LogP contribution in [0.4, 0.5) is 0 Å². The lowest BCUT2D eigenvalue weighted by Crippen LogP contribution is -2.15. The molecule has 0 saturated carbocycles. The van der Waals surface area contributed by atoms with E-state index in [2.05, 4.69) is 0 Å². The summed E-state index contributed by atoms with van der Waals surface area (Å²) in [5.74, 6) is 0. The summed E-state index contributed by atoms with van der Waals surface area (Å²) in [4.78, 5) is 11.3. The van der Waals surface area contributed by atoms with Gasteiger partial charge in [0.15, 0.2) is 6.29 Å². The number of benzene rings is 1. The number of aromatic nitrogens is 1. The van der Waals surface area contributed by atoms with E-state index in [0.29, 0.717) is 24.0 Å². The number of hydrogen-bond donors (Lipinski definition) is 0. The number of carbonyl (C=O) groups excluding carboxylic acids is 1. The Morgan fingerprint density at radius 2 is 1.81 bits per heavy atom. The standard InChI is InChI=1S/C16H19NO3S/c1-3-4-5-16-14(12-18)10-11-17(16)21(19,20)15-8-6-13(2)7-9-15/h6-12H,3-5H2,1-2H3. The molecule has 5 heteroatoms. The number of aldehydes is 1. The molecule has 0 amide bonds. The summed E-state index contributed by atoms with van der Waals surface area (Å²) in [7, 11) is -3.65. The Morgan fingerprint density at radius 1 is 1.14 bits per heavy atom. The third-order valence-electron chi connectivity index (χ3n) is 3.46. The van der Waals surface area contributed by atoms with E-state index < -0.39 is 10.0 Å². The van der Waals surface area contributed by atoms with Crippen LogP contribution in [0.25, 0.3) is 0 Å². The highest BCUT2D eigenvalue weighted by Gasteiger charge is 2.21. The molecule has 1 aromatic carbocycles. The van der Waals surface area contributed by atoms with Crippen molar-refractivity contribution in [1.82, 2.24) is 3.97 Å². The van der Waals surface area contributed by atoms with Crippen LogP contribution in [0.5, 0.6) is 0 Å². The quantitative estimate of drug-likeness (QED) is 0.770. The van der Waals surface area contributed by atoms with Gasteiger partial charge in [0.2, 0.25) is 0 Å². The molecule has 0 aliphatic carbocycles. The fraction of sp³-hybridized carbons (Fsp3) is 0.312. The van der Waals surface area contributed by atoms with E-state index in [9.17, 15) is 13.2 Å². The van der Waals surface area contributed by atoms with Crippen LogP contribution >= 0.6 is 0 Å². The van der Waals surface area contributed by atoms with E-state index in [1.165, 1.54) is 10.2 Å². The molecule has 0 radical (unpaired) electrons. The molecular weight excluding hydrogens is 286 g/mol. The zero-order chi connectivity index (χ0) is 15.5. The Kier molecular flexibility index (Phi) is 4.63. The maximum absolute atomic E-state index is 12.7. The molecule has 2 rings (SSSR count). The largest absolute Gasteiger partial charge is 0.298 e. The third kappa shape index (κ3) is 3.08. The zero-order valence-electron chi connectivity index (χ0n) is 12.2. The maximum atomic E-state index is 12.7. The Bertz CT molecular complexity index is 727. The van der Waals surface area contributed by atoms with Crippen molar-refractivity contribution in [3.8, 4) is 0 Å². The van der Waals surface area contributed by atoms with Gasteiger partial charge in [0, 0.05) is 17.5 Å². The first-order valence-corrected chi connectivity index (χ1v) is 8.42. The second-order valence-electron chi connectivity index (χ2n) is 5.05. The summed E-state index contributed by atoms with van der Waals surface area (Å²) in [6.07, 6.45) is 4.53. The number of aryl methyl sites for hydroxylation is 1. The smallest absolute Gasteiger partial charge is 0.267 e. The van der Waals surface area contributed by atoms with Crippen LogP contribution in [0.1, 0.15) is 41.4 Å². The fourth-order valence-corrected chi connectivity index (χ4v) is 3.63.